The normalized spacial score (nSPS) is 16.4. The number of halogens is 1. The summed E-state index contributed by atoms with van der Waals surface area (Å²) in [6.07, 6.45) is 0.838. The number of carboxylic acid groups (broad SMARTS) is 1. The van der Waals surface area contributed by atoms with Crippen LogP contribution in [-0.4, -0.2) is 22.5 Å². The third kappa shape index (κ3) is 2.00. The maximum Gasteiger partial charge on any atom is 0.329 e. The highest BCUT2D eigenvalue weighted by atomic mass is 19.1. The van der Waals surface area contributed by atoms with E-state index in [0.717, 1.165) is 0 Å². The van der Waals surface area contributed by atoms with Crippen LogP contribution in [0.3, 0.4) is 0 Å². The van der Waals surface area contributed by atoms with Crippen LogP contribution in [0.4, 0.5) is 4.39 Å². The van der Waals surface area contributed by atoms with Crippen molar-refractivity contribution in [2.45, 2.75) is 25.3 Å². The zero-order valence-corrected chi connectivity index (χ0v) is 9.29. The predicted octanol–water partition coefficient (Wildman–Crippen LogP) is 1.48. The standard InChI is InChI=1S/C12H12FNO3/c1-7-8(3-2-4-9(7)13)10(15)14-12(5-6-12)11(16)17/h2-4H,5-6H2,1H3,(H,14,15)(H,16,17). The number of aliphatic carboxylic acids is 1. The van der Waals surface area contributed by atoms with Crippen molar-refractivity contribution in [3.05, 3.63) is 35.1 Å². The van der Waals surface area contributed by atoms with Crippen molar-refractivity contribution >= 4 is 11.9 Å². The molecule has 0 saturated heterocycles. The molecule has 1 aliphatic rings. The molecule has 0 spiro atoms. The Hall–Kier alpha value is -1.91. The van der Waals surface area contributed by atoms with Gasteiger partial charge in [-0.2, -0.15) is 0 Å². The number of hydrogen-bond donors (Lipinski definition) is 2. The number of benzene rings is 1. The summed E-state index contributed by atoms with van der Waals surface area (Å²) in [4.78, 5) is 22.8. The first-order valence-electron chi connectivity index (χ1n) is 5.27. The van der Waals surface area contributed by atoms with E-state index in [0.29, 0.717) is 12.8 Å². The molecule has 2 rings (SSSR count). The average Bonchev–Trinajstić information content (AvgIpc) is 3.03. The fraction of sp³-hybridized carbons (Fsp3) is 0.333. The molecule has 90 valence electrons. The summed E-state index contributed by atoms with van der Waals surface area (Å²) >= 11 is 0. The Morgan fingerprint density at radius 1 is 1.41 bits per heavy atom. The van der Waals surface area contributed by atoms with Crippen LogP contribution in [0.2, 0.25) is 0 Å². The molecule has 1 saturated carbocycles. The van der Waals surface area contributed by atoms with Crippen molar-refractivity contribution in [3.8, 4) is 0 Å². The van der Waals surface area contributed by atoms with Gasteiger partial charge < -0.3 is 10.4 Å². The van der Waals surface area contributed by atoms with Gasteiger partial charge in [-0.05, 0) is 37.5 Å². The van der Waals surface area contributed by atoms with Crippen LogP contribution < -0.4 is 5.32 Å². The lowest BCUT2D eigenvalue weighted by Gasteiger charge is -2.13. The Morgan fingerprint density at radius 3 is 2.59 bits per heavy atom. The molecule has 0 aliphatic heterocycles. The van der Waals surface area contributed by atoms with Gasteiger partial charge in [0.1, 0.15) is 11.4 Å². The Bertz CT molecular complexity index is 495. The van der Waals surface area contributed by atoms with Crippen molar-refractivity contribution in [3.63, 3.8) is 0 Å². The Morgan fingerprint density at radius 2 is 2.06 bits per heavy atom. The van der Waals surface area contributed by atoms with Crippen molar-refractivity contribution in [2.75, 3.05) is 0 Å². The molecule has 1 aromatic carbocycles. The zero-order chi connectivity index (χ0) is 12.6. The maximum absolute atomic E-state index is 13.3. The lowest BCUT2D eigenvalue weighted by atomic mass is 10.1. The largest absolute Gasteiger partial charge is 0.480 e. The van der Waals surface area contributed by atoms with E-state index in [2.05, 4.69) is 5.32 Å². The number of rotatable bonds is 3. The lowest BCUT2D eigenvalue weighted by Crippen LogP contribution is -2.43. The van der Waals surface area contributed by atoms with Gasteiger partial charge in [0.2, 0.25) is 0 Å². The van der Waals surface area contributed by atoms with Gasteiger partial charge >= 0.3 is 5.97 Å². The lowest BCUT2D eigenvalue weighted by molar-refractivity contribution is -0.140. The summed E-state index contributed by atoms with van der Waals surface area (Å²) in [6.45, 7) is 1.49. The van der Waals surface area contributed by atoms with Gasteiger partial charge in [0, 0.05) is 5.56 Å². The van der Waals surface area contributed by atoms with Gasteiger partial charge in [0.15, 0.2) is 0 Å². The Labute approximate surface area is 97.4 Å². The molecule has 1 fully saturated rings. The van der Waals surface area contributed by atoms with E-state index >= 15 is 0 Å². The number of carboxylic acids is 1. The first-order valence-corrected chi connectivity index (χ1v) is 5.27. The van der Waals surface area contributed by atoms with Gasteiger partial charge in [-0.25, -0.2) is 9.18 Å². The van der Waals surface area contributed by atoms with Crippen molar-refractivity contribution in [1.29, 1.82) is 0 Å². The van der Waals surface area contributed by atoms with E-state index in [9.17, 15) is 14.0 Å². The minimum absolute atomic E-state index is 0.178. The number of amides is 1. The fourth-order valence-electron chi connectivity index (χ4n) is 1.66. The van der Waals surface area contributed by atoms with Crippen molar-refractivity contribution < 1.29 is 19.1 Å². The van der Waals surface area contributed by atoms with Crippen LogP contribution in [-0.2, 0) is 4.79 Å². The monoisotopic (exact) mass is 237 g/mol. The molecular weight excluding hydrogens is 225 g/mol. The van der Waals surface area contributed by atoms with E-state index in [1.165, 1.54) is 25.1 Å². The molecule has 0 aromatic heterocycles. The van der Waals surface area contributed by atoms with Crippen LogP contribution in [0.1, 0.15) is 28.8 Å². The van der Waals surface area contributed by atoms with Crippen molar-refractivity contribution in [1.82, 2.24) is 5.32 Å². The molecule has 1 aliphatic carbocycles. The summed E-state index contributed by atoms with van der Waals surface area (Å²) in [7, 11) is 0. The Balaban J connectivity index is 2.21. The van der Waals surface area contributed by atoms with E-state index in [1.54, 1.807) is 0 Å². The molecule has 17 heavy (non-hydrogen) atoms. The van der Waals surface area contributed by atoms with Gasteiger partial charge in [-0.15, -0.1) is 0 Å². The highest BCUT2D eigenvalue weighted by molar-refractivity contribution is 5.99. The van der Waals surface area contributed by atoms with Crippen LogP contribution in [0.15, 0.2) is 18.2 Å². The summed E-state index contributed by atoms with van der Waals surface area (Å²) in [5.74, 6) is -2.06. The molecule has 0 heterocycles. The second kappa shape index (κ2) is 3.84. The smallest absolute Gasteiger partial charge is 0.329 e. The highest BCUT2D eigenvalue weighted by Crippen LogP contribution is 2.35. The molecule has 0 bridgehead atoms. The highest BCUT2D eigenvalue weighted by Gasteiger charge is 2.51. The molecule has 0 radical (unpaired) electrons. The van der Waals surface area contributed by atoms with E-state index in [4.69, 9.17) is 5.11 Å². The fourth-order valence-corrected chi connectivity index (χ4v) is 1.66. The molecule has 0 atom stereocenters. The SMILES string of the molecule is Cc1c(F)cccc1C(=O)NC1(C(=O)O)CC1. The van der Waals surface area contributed by atoms with Gasteiger partial charge in [-0.3, -0.25) is 4.79 Å². The van der Waals surface area contributed by atoms with Crippen molar-refractivity contribution in [2.24, 2.45) is 0 Å². The molecule has 5 heteroatoms. The topological polar surface area (TPSA) is 66.4 Å². The first-order chi connectivity index (χ1) is 7.96. The Kier molecular flexibility index (Phi) is 2.61. The van der Waals surface area contributed by atoms with E-state index in [1.807, 2.05) is 0 Å². The first kappa shape index (κ1) is 11.6. The molecule has 2 N–H and O–H groups in total. The summed E-state index contributed by atoms with van der Waals surface area (Å²) in [5.41, 5.74) is -0.737. The van der Waals surface area contributed by atoms with Crippen LogP contribution in [0.5, 0.6) is 0 Å². The van der Waals surface area contributed by atoms with E-state index in [-0.39, 0.29) is 11.1 Å². The predicted molar refractivity (Wildman–Crippen MR) is 58.2 cm³/mol. The quantitative estimate of drug-likeness (QED) is 0.836. The summed E-state index contributed by atoms with van der Waals surface area (Å²) < 4.78 is 13.3. The zero-order valence-electron chi connectivity index (χ0n) is 9.29. The molecular formula is C12H12FNO3. The second-order valence-electron chi connectivity index (χ2n) is 4.25. The summed E-state index contributed by atoms with van der Waals surface area (Å²) in [5, 5.41) is 11.4. The van der Waals surface area contributed by atoms with E-state index < -0.39 is 23.2 Å². The minimum Gasteiger partial charge on any atom is -0.480 e. The van der Waals surface area contributed by atoms with Crippen LogP contribution in [0.25, 0.3) is 0 Å². The number of nitrogens with one attached hydrogen (secondary N) is 1. The average molecular weight is 237 g/mol. The van der Waals surface area contributed by atoms with Gasteiger partial charge in [0.25, 0.3) is 5.91 Å². The van der Waals surface area contributed by atoms with Crippen LogP contribution in [0, 0.1) is 12.7 Å². The second-order valence-corrected chi connectivity index (χ2v) is 4.25. The van der Waals surface area contributed by atoms with Crippen LogP contribution >= 0.6 is 0 Å². The third-order valence-corrected chi connectivity index (χ3v) is 3.02. The molecule has 1 aromatic rings. The van der Waals surface area contributed by atoms with Gasteiger partial charge in [-0.1, -0.05) is 6.07 Å². The summed E-state index contributed by atoms with van der Waals surface area (Å²) in [6, 6.07) is 4.17. The molecule has 0 unspecified atom stereocenters. The number of carbonyl (C=O) groups is 2. The molecule has 4 nitrogen and oxygen atoms in total. The maximum atomic E-state index is 13.3. The minimum atomic E-state index is -1.14. The molecule has 1 amide bonds. The third-order valence-electron chi connectivity index (χ3n) is 3.02. The number of hydrogen-bond acceptors (Lipinski definition) is 2. The number of carbonyl (C=O) groups excluding carboxylic acids is 1. The van der Waals surface area contributed by atoms with Gasteiger partial charge in [0.05, 0.1) is 0 Å².